The Hall–Kier alpha value is -1.59. The van der Waals surface area contributed by atoms with Crippen molar-refractivity contribution in [1.29, 1.82) is 0 Å². The van der Waals surface area contributed by atoms with Crippen LogP contribution in [-0.4, -0.2) is 46.4 Å². The summed E-state index contributed by atoms with van der Waals surface area (Å²) in [4.78, 5) is 39.2. The first kappa shape index (κ1) is 17.2. The molecular weight excluding hydrogens is 308 g/mol. The Morgan fingerprint density at radius 2 is 1.46 bits per heavy atom. The van der Waals surface area contributed by atoms with Gasteiger partial charge in [-0.1, -0.05) is 25.7 Å². The van der Waals surface area contributed by atoms with Gasteiger partial charge in [-0.15, -0.1) is 0 Å². The summed E-state index contributed by atoms with van der Waals surface area (Å²) >= 11 is 0. The highest BCUT2D eigenvalue weighted by atomic mass is 16.4. The lowest BCUT2D eigenvalue weighted by Gasteiger charge is -2.35. The molecule has 2 aliphatic carbocycles. The van der Waals surface area contributed by atoms with Gasteiger partial charge < -0.3 is 15.3 Å². The van der Waals surface area contributed by atoms with Gasteiger partial charge in [-0.25, -0.2) is 4.79 Å². The molecule has 3 aliphatic rings. The van der Waals surface area contributed by atoms with E-state index in [1.54, 1.807) is 0 Å². The van der Waals surface area contributed by atoms with Crippen LogP contribution in [0.15, 0.2) is 0 Å². The second kappa shape index (κ2) is 7.11. The summed E-state index contributed by atoms with van der Waals surface area (Å²) in [5, 5.41) is 12.4. The van der Waals surface area contributed by atoms with Crippen molar-refractivity contribution in [1.82, 2.24) is 10.2 Å². The number of likely N-dealkylation sites (tertiary alicyclic amines) is 1. The van der Waals surface area contributed by atoms with Gasteiger partial charge in [-0.2, -0.15) is 0 Å². The van der Waals surface area contributed by atoms with Crippen LogP contribution in [0.2, 0.25) is 0 Å². The molecule has 1 saturated heterocycles. The number of carbonyl (C=O) groups is 3. The van der Waals surface area contributed by atoms with Gasteiger partial charge in [0.2, 0.25) is 11.8 Å². The van der Waals surface area contributed by atoms with E-state index in [1.165, 1.54) is 0 Å². The van der Waals surface area contributed by atoms with Crippen molar-refractivity contribution in [2.45, 2.75) is 69.7 Å². The van der Waals surface area contributed by atoms with Crippen LogP contribution in [0.5, 0.6) is 0 Å². The Balaban J connectivity index is 1.71. The van der Waals surface area contributed by atoms with E-state index >= 15 is 0 Å². The van der Waals surface area contributed by atoms with Crippen LogP contribution in [0, 0.1) is 11.8 Å². The fraction of sp³-hybridized carbons (Fsp3) is 0.833. The third kappa shape index (κ3) is 3.28. The molecule has 1 heterocycles. The zero-order valence-corrected chi connectivity index (χ0v) is 14.3. The summed E-state index contributed by atoms with van der Waals surface area (Å²) in [7, 11) is 0. The molecule has 6 heteroatoms. The van der Waals surface area contributed by atoms with Crippen LogP contribution in [0.3, 0.4) is 0 Å². The van der Waals surface area contributed by atoms with Crippen LogP contribution in [0.25, 0.3) is 0 Å². The van der Waals surface area contributed by atoms with Gasteiger partial charge in [0, 0.05) is 24.9 Å². The molecule has 1 aliphatic heterocycles. The number of aliphatic carboxylic acids is 1. The number of nitrogens with zero attached hydrogens (tertiary/aromatic N) is 1. The van der Waals surface area contributed by atoms with Crippen molar-refractivity contribution in [2.75, 3.05) is 13.1 Å². The van der Waals surface area contributed by atoms with Crippen molar-refractivity contribution in [3.05, 3.63) is 0 Å². The van der Waals surface area contributed by atoms with Gasteiger partial charge in [0.1, 0.15) is 5.54 Å². The largest absolute Gasteiger partial charge is 0.480 e. The van der Waals surface area contributed by atoms with Gasteiger partial charge in [-0.05, 0) is 38.5 Å². The average molecular weight is 336 g/mol. The summed E-state index contributed by atoms with van der Waals surface area (Å²) in [6, 6.07) is 0. The Kier molecular flexibility index (Phi) is 5.11. The second-order valence-electron chi connectivity index (χ2n) is 7.61. The quantitative estimate of drug-likeness (QED) is 0.821. The first-order valence-corrected chi connectivity index (χ1v) is 9.38. The first-order valence-electron chi connectivity index (χ1n) is 9.38. The SMILES string of the molecule is O=C(NC1(C(=O)O)CCCC1)C1CCCCC1C(=O)N1CCCC1. The van der Waals surface area contributed by atoms with Gasteiger partial charge in [0.25, 0.3) is 0 Å². The molecule has 134 valence electrons. The van der Waals surface area contributed by atoms with Crippen molar-refractivity contribution < 1.29 is 19.5 Å². The fourth-order valence-corrected chi connectivity index (χ4v) is 4.61. The molecule has 2 atom stereocenters. The maximum Gasteiger partial charge on any atom is 0.329 e. The fourth-order valence-electron chi connectivity index (χ4n) is 4.61. The molecule has 0 spiro atoms. The van der Waals surface area contributed by atoms with E-state index in [0.29, 0.717) is 19.3 Å². The highest BCUT2D eigenvalue weighted by Crippen LogP contribution is 2.35. The van der Waals surface area contributed by atoms with Gasteiger partial charge in [-0.3, -0.25) is 9.59 Å². The van der Waals surface area contributed by atoms with Crippen molar-refractivity contribution in [2.24, 2.45) is 11.8 Å². The molecule has 0 radical (unpaired) electrons. The zero-order chi connectivity index (χ0) is 17.2. The molecule has 24 heavy (non-hydrogen) atoms. The van der Waals surface area contributed by atoms with Crippen LogP contribution in [0.4, 0.5) is 0 Å². The van der Waals surface area contributed by atoms with Crippen LogP contribution in [-0.2, 0) is 14.4 Å². The molecule has 6 nitrogen and oxygen atoms in total. The van der Waals surface area contributed by atoms with Crippen molar-refractivity contribution in [3.8, 4) is 0 Å². The van der Waals surface area contributed by atoms with Crippen LogP contribution >= 0.6 is 0 Å². The van der Waals surface area contributed by atoms with Gasteiger partial charge in [0.15, 0.2) is 0 Å². The summed E-state index contributed by atoms with van der Waals surface area (Å²) < 4.78 is 0. The molecule has 0 aromatic heterocycles. The third-order valence-corrected chi connectivity index (χ3v) is 6.07. The standard InChI is InChI=1S/C18H28N2O4/c21-15(19-18(17(23)24)9-3-4-10-18)13-7-1-2-8-14(13)16(22)20-11-5-6-12-20/h13-14H,1-12H2,(H,19,21)(H,23,24). The van der Waals surface area contributed by atoms with E-state index in [0.717, 1.165) is 58.0 Å². The number of carbonyl (C=O) groups excluding carboxylic acids is 2. The van der Waals surface area contributed by atoms with Gasteiger partial charge >= 0.3 is 5.97 Å². The number of carboxylic acid groups (broad SMARTS) is 1. The molecule has 0 aromatic rings. The van der Waals surface area contributed by atoms with E-state index in [-0.39, 0.29) is 23.7 Å². The summed E-state index contributed by atoms with van der Waals surface area (Å²) in [6.07, 6.45) is 8.05. The molecule has 3 rings (SSSR count). The van der Waals surface area contributed by atoms with Crippen molar-refractivity contribution in [3.63, 3.8) is 0 Å². The van der Waals surface area contributed by atoms with E-state index in [1.807, 2.05) is 4.90 Å². The van der Waals surface area contributed by atoms with E-state index in [2.05, 4.69) is 5.32 Å². The highest BCUT2D eigenvalue weighted by Gasteiger charge is 2.46. The highest BCUT2D eigenvalue weighted by molar-refractivity contribution is 5.92. The van der Waals surface area contributed by atoms with E-state index in [4.69, 9.17) is 0 Å². The number of hydrogen-bond donors (Lipinski definition) is 2. The minimum atomic E-state index is -1.12. The summed E-state index contributed by atoms with van der Waals surface area (Å²) in [5.74, 6) is -1.71. The number of amides is 2. The Morgan fingerprint density at radius 3 is 2.04 bits per heavy atom. The average Bonchev–Trinajstić information content (AvgIpc) is 3.26. The van der Waals surface area contributed by atoms with E-state index < -0.39 is 11.5 Å². The molecule has 2 saturated carbocycles. The predicted octanol–water partition coefficient (Wildman–Crippen LogP) is 1.93. The summed E-state index contributed by atoms with van der Waals surface area (Å²) in [6.45, 7) is 1.59. The number of nitrogens with one attached hydrogen (secondary N) is 1. The lowest BCUT2D eigenvalue weighted by molar-refractivity contribution is -0.150. The number of hydrogen-bond acceptors (Lipinski definition) is 3. The van der Waals surface area contributed by atoms with Gasteiger partial charge in [0.05, 0.1) is 0 Å². The molecule has 0 bridgehead atoms. The Morgan fingerprint density at radius 1 is 0.875 bits per heavy atom. The van der Waals surface area contributed by atoms with Crippen molar-refractivity contribution >= 4 is 17.8 Å². The molecular formula is C18H28N2O4. The third-order valence-electron chi connectivity index (χ3n) is 6.07. The first-order chi connectivity index (χ1) is 11.5. The smallest absolute Gasteiger partial charge is 0.329 e. The summed E-state index contributed by atoms with van der Waals surface area (Å²) in [5.41, 5.74) is -1.12. The number of carboxylic acids is 1. The minimum Gasteiger partial charge on any atom is -0.480 e. The maximum absolute atomic E-state index is 12.8. The number of rotatable bonds is 4. The van der Waals surface area contributed by atoms with E-state index in [9.17, 15) is 19.5 Å². The molecule has 0 aromatic carbocycles. The zero-order valence-electron chi connectivity index (χ0n) is 14.3. The van der Waals surface area contributed by atoms with Crippen LogP contribution < -0.4 is 5.32 Å². The second-order valence-corrected chi connectivity index (χ2v) is 7.61. The molecule has 2 amide bonds. The predicted molar refractivity (Wildman–Crippen MR) is 88.2 cm³/mol. The Bertz CT molecular complexity index is 507. The lowest BCUT2D eigenvalue weighted by atomic mass is 9.77. The molecule has 3 fully saturated rings. The Labute approximate surface area is 143 Å². The molecule has 2 N–H and O–H groups in total. The lowest BCUT2D eigenvalue weighted by Crippen LogP contribution is -2.56. The topological polar surface area (TPSA) is 86.7 Å². The maximum atomic E-state index is 12.8. The normalized spacial score (nSPS) is 29.4. The minimum absolute atomic E-state index is 0.100. The molecule has 2 unspecified atom stereocenters. The monoisotopic (exact) mass is 336 g/mol. The van der Waals surface area contributed by atoms with Crippen LogP contribution in [0.1, 0.15) is 64.2 Å².